The number of H-pyrrole nitrogens is 1. The fourth-order valence-corrected chi connectivity index (χ4v) is 7.69. The van der Waals surface area contributed by atoms with Crippen LogP contribution >= 0.6 is 0 Å². The average molecular weight is 696 g/mol. The highest BCUT2D eigenvalue weighted by Gasteiger charge is 2.41. The van der Waals surface area contributed by atoms with E-state index in [9.17, 15) is 13.2 Å². The Morgan fingerprint density at radius 1 is 1.00 bits per heavy atom. The van der Waals surface area contributed by atoms with Crippen LogP contribution in [0.2, 0.25) is 0 Å². The van der Waals surface area contributed by atoms with Gasteiger partial charge < -0.3 is 24.7 Å². The number of allylic oxidation sites excluding steroid dienone is 4. The molecule has 0 spiro atoms. The number of rotatable bonds is 5. The van der Waals surface area contributed by atoms with Gasteiger partial charge in [-0.2, -0.15) is 0 Å². The van der Waals surface area contributed by atoms with Crippen molar-refractivity contribution in [2.75, 3.05) is 13.1 Å². The Morgan fingerprint density at radius 3 is 2.40 bits per heavy atom. The molecule has 50 heavy (non-hydrogen) atoms. The molecule has 2 aromatic rings. The van der Waals surface area contributed by atoms with E-state index in [-0.39, 0.29) is 17.1 Å². The topological polar surface area (TPSA) is 151 Å². The Hall–Kier alpha value is -5.04. The third-order valence-corrected chi connectivity index (χ3v) is 11.2. The molecule has 13 heteroatoms. The zero-order chi connectivity index (χ0) is 35.3. The Bertz CT molecular complexity index is 2190. The van der Waals surface area contributed by atoms with Crippen molar-refractivity contribution in [2.24, 2.45) is 9.98 Å². The molecule has 5 aliphatic rings. The number of likely N-dealkylation sites (tertiary alicyclic amines) is 1. The van der Waals surface area contributed by atoms with Gasteiger partial charge in [-0.15, -0.1) is 0 Å². The van der Waals surface area contributed by atoms with Crippen molar-refractivity contribution in [1.82, 2.24) is 25.2 Å². The number of piperidine rings is 1. The first kappa shape index (κ1) is 33.5. The Kier molecular flexibility index (Phi) is 8.49. The molecule has 5 aliphatic heterocycles. The van der Waals surface area contributed by atoms with Gasteiger partial charge >= 0.3 is 6.09 Å². The summed E-state index contributed by atoms with van der Waals surface area (Å²) in [6.45, 7) is 9.92. The van der Waals surface area contributed by atoms with Gasteiger partial charge in [-0.05, 0) is 89.3 Å². The van der Waals surface area contributed by atoms with Gasteiger partial charge in [-0.3, -0.25) is 0 Å². The molecule has 2 aromatic heterocycles. The van der Waals surface area contributed by atoms with E-state index in [0.717, 1.165) is 16.4 Å². The molecular formula is C37H41N7O5S. The number of sulfone groups is 1. The molecule has 12 nitrogen and oxygen atoms in total. The first-order chi connectivity index (χ1) is 23.8. The summed E-state index contributed by atoms with van der Waals surface area (Å²) in [5, 5.41) is 4.59. The van der Waals surface area contributed by atoms with Crippen LogP contribution in [-0.2, 0) is 20.1 Å². The van der Waals surface area contributed by atoms with Crippen molar-refractivity contribution < 1.29 is 22.7 Å². The molecule has 0 aliphatic carbocycles. The summed E-state index contributed by atoms with van der Waals surface area (Å²) in [5.41, 5.74) is 1.96. The minimum Gasteiger partial charge on any atom is -0.474 e. The minimum atomic E-state index is -3.79. The van der Waals surface area contributed by atoms with Crippen LogP contribution in [0.25, 0.3) is 12.2 Å². The van der Waals surface area contributed by atoms with Gasteiger partial charge in [0.05, 0.1) is 39.5 Å². The molecule has 0 radical (unpaired) electrons. The van der Waals surface area contributed by atoms with E-state index in [1.165, 1.54) is 6.33 Å². The lowest BCUT2D eigenvalue weighted by atomic mass is 9.91. The average Bonchev–Trinajstić information content (AvgIpc) is 3.87. The summed E-state index contributed by atoms with van der Waals surface area (Å²) in [5.74, 6) is 0.389. The van der Waals surface area contributed by atoms with Gasteiger partial charge in [0.1, 0.15) is 28.5 Å². The van der Waals surface area contributed by atoms with Crippen molar-refractivity contribution in [3.8, 4) is 5.88 Å². The molecule has 1 atom stereocenters. The van der Waals surface area contributed by atoms with Crippen LogP contribution in [0.4, 0.5) is 4.79 Å². The molecule has 2 N–H and O–H groups in total. The first-order valence-corrected chi connectivity index (χ1v) is 18.4. The molecule has 1 fully saturated rings. The second-order valence-electron chi connectivity index (χ2n) is 14.2. The van der Waals surface area contributed by atoms with Crippen LogP contribution in [0.5, 0.6) is 5.88 Å². The molecule has 1 saturated heterocycles. The zero-order valence-corrected chi connectivity index (χ0v) is 29.6. The lowest BCUT2D eigenvalue weighted by Crippen LogP contribution is -2.44. The third-order valence-electron chi connectivity index (χ3n) is 8.93. The summed E-state index contributed by atoms with van der Waals surface area (Å²) in [4.78, 5) is 36.5. The van der Waals surface area contributed by atoms with Crippen LogP contribution in [-0.4, -0.2) is 75.8 Å². The molecule has 7 heterocycles. The van der Waals surface area contributed by atoms with Gasteiger partial charge in [0.2, 0.25) is 5.88 Å². The number of hydrogen-bond acceptors (Lipinski definition) is 10. The molecule has 260 valence electrons. The number of nitrogens with one attached hydrogen (secondary N) is 2. The number of ether oxygens (including phenoxy) is 2. The van der Waals surface area contributed by atoms with Gasteiger partial charge in [0.15, 0.2) is 9.84 Å². The monoisotopic (exact) mass is 695 g/mol. The van der Waals surface area contributed by atoms with Crippen LogP contribution in [0, 0.1) is 0 Å². The van der Waals surface area contributed by atoms with Gasteiger partial charge in [-0.25, -0.2) is 33.2 Å². The summed E-state index contributed by atoms with van der Waals surface area (Å²) < 4.78 is 39.9. The summed E-state index contributed by atoms with van der Waals surface area (Å²) >= 11 is 0. The van der Waals surface area contributed by atoms with Crippen LogP contribution < -0.4 is 20.8 Å². The van der Waals surface area contributed by atoms with E-state index >= 15 is 0 Å². The van der Waals surface area contributed by atoms with Gasteiger partial charge in [0.25, 0.3) is 0 Å². The SMILES string of the molecule is CC(C)S(=O)(=O)C1=C2C=CC(=N2)C=c2ccc([nH]2)=CC2=NC(=CC3(c4cc(OC5CCN(C(=O)OC(C)(C)C)CC5)ncn4)CC=C1N3)C=C2. The molecule has 0 aromatic carbocycles. The number of aromatic nitrogens is 3. The Morgan fingerprint density at radius 2 is 1.70 bits per heavy atom. The fourth-order valence-electron chi connectivity index (χ4n) is 6.38. The number of amides is 1. The molecule has 1 amide bonds. The van der Waals surface area contributed by atoms with Crippen LogP contribution in [0.1, 0.15) is 59.6 Å². The van der Waals surface area contributed by atoms with Crippen LogP contribution in [0.3, 0.4) is 0 Å². The standard InChI is InChI=1S/C37H41N7O5S/c1-23(2)50(46,47)34-30-11-10-27(42-30)19-25-7-6-24(40-25)18-26-8-9-28(41-26)21-37(15-12-31(34)43-37)32-20-33(39-22-38-32)48-29-13-16-44(17-14-29)35(45)49-36(3,4)5/h6-12,18-23,29,40,43H,13-17H2,1-5H3. The Labute approximate surface area is 291 Å². The van der Waals surface area contributed by atoms with E-state index in [1.807, 2.05) is 75.4 Å². The van der Waals surface area contributed by atoms with E-state index in [1.54, 1.807) is 30.9 Å². The van der Waals surface area contributed by atoms with E-state index < -0.39 is 26.2 Å². The lowest BCUT2D eigenvalue weighted by Gasteiger charge is -2.33. The first-order valence-electron chi connectivity index (χ1n) is 16.9. The van der Waals surface area contributed by atoms with Crippen molar-refractivity contribution in [1.29, 1.82) is 0 Å². The smallest absolute Gasteiger partial charge is 0.410 e. The van der Waals surface area contributed by atoms with Crippen molar-refractivity contribution >= 4 is 39.5 Å². The predicted octanol–water partition coefficient (Wildman–Crippen LogP) is 3.87. The fraction of sp³-hybridized carbons (Fsp3) is 0.378. The molecule has 1 unspecified atom stereocenters. The van der Waals surface area contributed by atoms with E-state index in [4.69, 9.17) is 19.5 Å². The number of aliphatic imine (C=N–C) groups is 2. The maximum Gasteiger partial charge on any atom is 0.410 e. The quantitative estimate of drug-likeness (QED) is 0.479. The van der Waals surface area contributed by atoms with Gasteiger partial charge in [-0.1, -0.05) is 6.08 Å². The number of hydrogen-bond donors (Lipinski definition) is 2. The van der Waals surface area contributed by atoms with E-state index in [0.29, 0.717) is 66.7 Å². The zero-order valence-electron chi connectivity index (χ0n) is 28.8. The number of fused-ring (bicyclic) bond motifs is 6. The Balaban J connectivity index is 1.24. The second-order valence-corrected chi connectivity index (χ2v) is 16.7. The molecule has 0 saturated carbocycles. The predicted molar refractivity (Wildman–Crippen MR) is 192 cm³/mol. The van der Waals surface area contributed by atoms with Crippen molar-refractivity contribution in [3.63, 3.8) is 0 Å². The van der Waals surface area contributed by atoms with E-state index in [2.05, 4.69) is 20.3 Å². The molecule has 7 rings (SSSR count). The number of nitrogens with zero attached hydrogens (tertiary/aromatic N) is 5. The minimum absolute atomic E-state index is 0.133. The summed E-state index contributed by atoms with van der Waals surface area (Å²) in [6, 6.07) is 5.70. The highest BCUT2D eigenvalue weighted by Crippen LogP contribution is 2.40. The highest BCUT2D eigenvalue weighted by atomic mass is 32.2. The maximum absolute atomic E-state index is 14.0. The number of carbonyl (C=O) groups is 1. The lowest BCUT2D eigenvalue weighted by molar-refractivity contribution is 0.0122. The largest absolute Gasteiger partial charge is 0.474 e. The van der Waals surface area contributed by atoms with Crippen molar-refractivity contribution in [3.05, 3.63) is 99.4 Å². The van der Waals surface area contributed by atoms with Crippen molar-refractivity contribution in [2.45, 2.75) is 76.4 Å². The number of carbonyl (C=O) groups excluding carboxylic acids is 1. The van der Waals surface area contributed by atoms with Gasteiger partial charge in [0, 0.05) is 49.1 Å². The molecule has 8 bridgehead atoms. The second kappa shape index (κ2) is 12.7. The number of aromatic amines is 1. The third kappa shape index (κ3) is 6.87. The normalized spacial score (nSPS) is 22.0. The highest BCUT2D eigenvalue weighted by molar-refractivity contribution is 7.96. The summed E-state index contributed by atoms with van der Waals surface area (Å²) in [6.07, 6.45) is 17.7. The maximum atomic E-state index is 14.0. The molecular weight excluding hydrogens is 655 g/mol. The summed E-state index contributed by atoms with van der Waals surface area (Å²) in [7, 11) is -3.79. The van der Waals surface area contributed by atoms with Crippen LogP contribution in [0.15, 0.2) is 93.0 Å².